The van der Waals surface area contributed by atoms with E-state index in [4.69, 9.17) is 17.3 Å². The molecule has 2 atom stereocenters. The molecule has 0 saturated carbocycles. The SMILES string of the molecule is CN(C)CCn1cc(-c2ccc(F)c(C(F)(F)F)c2)nc1C1CCN(c2ncnc(N)c2Cl)CC1F. The van der Waals surface area contributed by atoms with Gasteiger partial charge >= 0.3 is 6.18 Å². The largest absolute Gasteiger partial charge is 0.419 e. The summed E-state index contributed by atoms with van der Waals surface area (Å²) >= 11 is 6.21. The number of benzene rings is 1. The topological polar surface area (TPSA) is 76.1 Å². The van der Waals surface area contributed by atoms with Crippen LogP contribution in [0.3, 0.4) is 0 Å². The smallest absolute Gasteiger partial charge is 0.382 e. The third-order valence-electron chi connectivity index (χ3n) is 6.13. The summed E-state index contributed by atoms with van der Waals surface area (Å²) in [5.74, 6) is -1.12. The first-order valence-electron chi connectivity index (χ1n) is 11.2. The van der Waals surface area contributed by atoms with Crippen LogP contribution < -0.4 is 10.6 Å². The highest BCUT2D eigenvalue weighted by Crippen LogP contribution is 2.37. The van der Waals surface area contributed by atoms with Gasteiger partial charge in [0.2, 0.25) is 0 Å². The fourth-order valence-electron chi connectivity index (χ4n) is 4.24. The first-order valence-corrected chi connectivity index (χ1v) is 11.6. The number of aromatic nitrogens is 4. The summed E-state index contributed by atoms with van der Waals surface area (Å²) in [6.45, 7) is 1.44. The van der Waals surface area contributed by atoms with Crippen LogP contribution in [0.1, 0.15) is 23.7 Å². The Morgan fingerprint density at radius 2 is 1.97 bits per heavy atom. The van der Waals surface area contributed by atoms with Crippen molar-refractivity contribution in [2.75, 3.05) is 44.4 Å². The number of rotatable bonds is 6. The third kappa shape index (κ3) is 5.39. The van der Waals surface area contributed by atoms with Gasteiger partial charge in [-0.3, -0.25) is 0 Å². The van der Waals surface area contributed by atoms with Crippen molar-refractivity contribution in [1.82, 2.24) is 24.4 Å². The van der Waals surface area contributed by atoms with Crippen molar-refractivity contribution in [2.24, 2.45) is 0 Å². The highest BCUT2D eigenvalue weighted by molar-refractivity contribution is 6.35. The maximum atomic E-state index is 15.5. The Morgan fingerprint density at radius 1 is 1.22 bits per heavy atom. The summed E-state index contributed by atoms with van der Waals surface area (Å²) in [4.78, 5) is 16.1. The van der Waals surface area contributed by atoms with Crippen molar-refractivity contribution >= 4 is 23.2 Å². The van der Waals surface area contributed by atoms with Gasteiger partial charge in [-0.05, 0) is 38.7 Å². The molecule has 2 N–H and O–H groups in total. The minimum absolute atomic E-state index is 0.0223. The van der Waals surface area contributed by atoms with E-state index in [0.717, 1.165) is 12.1 Å². The van der Waals surface area contributed by atoms with E-state index in [9.17, 15) is 17.6 Å². The van der Waals surface area contributed by atoms with Gasteiger partial charge in [0.05, 0.1) is 23.7 Å². The molecule has 7 nitrogen and oxygen atoms in total. The standard InChI is InChI=1S/C23H25ClF5N7/c1-34(2)7-8-36-11-18(13-3-4-16(25)15(9-13)23(27,28)29)33-21(36)14-5-6-35(10-17(14)26)22-19(24)20(30)31-12-32-22/h3-4,9,11-12,14,17H,5-8,10H2,1-2H3,(H2,30,31,32). The molecule has 1 aromatic carbocycles. The lowest BCUT2D eigenvalue weighted by molar-refractivity contribution is -0.139. The van der Waals surface area contributed by atoms with Gasteiger partial charge in [0, 0.05) is 31.4 Å². The van der Waals surface area contributed by atoms with E-state index in [1.165, 1.54) is 12.4 Å². The number of piperidine rings is 1. The van der Waals surface area contributed by atoms with Crippen molar-refractivity contribution in [1.29, 1.82) is 0 Å². The van der Waals surface area contributed by atoms with Gasteiger partial charge in [-0.1, -0.05) is 11.6 Å². The second-order valence-electron chi connectivity index (χ2n) is 8.93. The molecule has 2 unspecified atom stereocenters. The van der Waals surface area contributed by atoms with Crippen LogP contribution in [0.2, 0.25) is 5.02 Å². The van der Waals surface area contributed by atoms with E-state index in [-0.39, 0.29) is 28.6 Å². The minimum atomic E-state index is -4.85. The molecular weight excluding hydrogens is 505 g/mol. The Hall–Kier alpha value is -2.99. The highest BCUT2D eigenvalue weighted by Gasteiger charge is 2.36. The van der Waals surface area contributed by atoms with Crippen LogP contribution in [-0.4, -0.2) is 64.3 Å². The van der Waals surface area contributed by atoms with Crippen molar-refractivity contribution in [3.8, 4) is 11.3 Å². The zero-order chi connectivity index (χ0) is 26.2. The maximum absolute atomic E-state index is 15.5. The fourth-order valence-corrected chi connectivity index (χ4v) is 4.45. The summed E-state index contributed by atoms with van der Waals surface area (Å²) in [7, 11) is 3.75. The molecular formula is C23H25ClF5N7. The second-order valence-corrected chi connectivity index (χ2v) is 9.31. The van der Waals surface area contributed by atoms with Gasteiger partial charge in [0.1, 0.15) is 35.0 Å². The fraction of sp³-hybridized carbons (Fsp3) is 0.435. The van der Waals surface area contributed by atoms with Crippen LogP contribution in [0.4, 0.5) is 33.6 Å². The molecule has 36 heavy (non-hydrogen) atoms. The Bertz CT molecular complexity index is 1230. The van der Waals surface area contributed by atoms with E-state index in [2.05, 4.69) is 15.0 Å². The summed E-state index contributed by atoms with van der Waals surface area (Å²) < 4.78 is 70.9. The molecule has 4 rings (SSSR count). The summed E-state index contributed by atoms with van der Waals surface area (Å²) in [6.07, 6.45) is -3.00. The molecule has 2 aromatic heterocycles. The molecule has 0 bridgehead atoms. The first-order chi connectivity index (χ1) is 17.0. The third-order valence-corrected chi connectivity index (χ3v) is 6.50. The Kier molecular flexibility index (Phi) is 7.37. The average molecular weight is 530 g/mol. The molecule has 1 saturated heterocycles. The highest BCUT2D eigenvalue weighted by atomic mass is 35.5. The predicted octanol–water partition coefficient (Wildman–Crippen LogP) is 4.63. The lowest BCUT2D eigenvalue weighted by Gasteiger charge is -2.35. The van der Waals surface area contributed by atoms with Gasteiger partial charge in [0.25, 0.3) is 0 Å². The molecule has 1 aliphatic rings. The number of alkyl halides is 4. The first kappa shape index (κ1) is 26.1. The second kappa shape index (κ2) is 10.2. The average Bonchev–Trinajstić information content (AvgIpc) is 3.23. The van der Waals surface area contributed by atoms with Crippen LogP contribution in [0, 0.1) is 5.82 Å². The summed E-state index contributed by atoms with van der Waals surface area (Å²) in [5, 5.41) is 0.148. The molecule has 0 spiro atoms. The van der Waals surface area contributed by atoms with Crippen molar-refractivity contribution in [2.45, 2.75) is 31.2 Å². The predicted molar refractivity (Wildman–Crippen MR) is 127 cm³/mol. The number of nitrogens with zero attached hydrogens (tertiary/aromatic N) is 6. The summed E-state index contributed by atoms with van der Waals surface area (Å²) in [5.41, 5.74) is 4.69. The van der Waals surface area contributed by atoms with Crippen molar-refractivity contribution in [3.05, 3.63) is 53.0 Å². The van der Waals surface area contributed by atoms with Crippen LogP contribution in [0.5, 0.6) is 0 Å². The van der Waals surface area contributed by atoms with Gasteiger partial charge in [-0.25, -0.2) is 23.7 Å². The minimum Gasteiger partial charge on any atom is -0.382 e. The zero-order valence-corrected chi connectivity index (χ0v) is 20.4. The molecule has 194 valence electrons. The van der Waals surface area contributed by atoms with Gasteiger partial charge in [0.15, 0.2) is 5.82 Å². The monoisotopic (exact) mass is 529 g/mol. The molecule has 13 heteroatoms. The molecule has 0 radical (unpaired) electrons. The van der Waals surface area contributed by atoms with E-state index in [0.29, 0.717) is 37.7 Å². The molecule has 3 heterocycles. The number of likely N-dealkylation sites (N-methyl/N-ethyl adjacent to an activating group) is 1. The Morgan fingerprint density at radius 3 is 2.64 bits per heavy atom. The zero-order valence-electron chi connectivity index (χ0n) is 19.6. The van der Waals surface area contributed by atoms with E-state index >= 15 is 4.39 Å². The number of imidazole rings is 1. The summed E-state index contributed by atoms with van der Waals surface area (Å²) in [6, 6.07) is 2.74. The van der Waals surface area contributed by atoms with Crippen LogP contribution in [0.15, 0.2) is 30.7 Å². The molecule has 0 aliphatic carbocycles. The quantitative estimate of drug-likeness (QED) is 0.469. The number of hydrogen-bond donors (Lipinski definition) is 1. The van der Waals surface area contributed by atoms with Crippen molar-refractivity contribution in [3.63, 3.8) is 0 Å². The Balaban J connectivity index is 1.65. The van der Waals surface area contributed by atoms with E-state index < -0.39 is 29.6 Å². The lowest BCUT2D eigenvalue weighted by Crippen LogP contribution is -2.42. The molecule has 1 fully saturated rings. The number of hydrogen-bond acceptors (Lipinski definition) is 6. The van der Waals surface area contributed by atoms with Crippen LogP contribution in [-0.2, 0) is 12.7 Å². The molecule has 0 amide bonds. The van der Waals surface area contributed by atoms with Gasteiger partial charge < -0.3 is 20.1 Å². The Labute approximate surface area is 209 Å². The maximum Gasteiger partial charge on any atom is 0.419 e. The number of nitrogens with two attached hydrogens (primary N) is 1. The van der Waals surface area contributed by atoms with Gasteiger partial charge in [-0.15, -0.1) is 0 Å². The van der Waals surface area contributed by atoms with Gasteiger partial charge in [-0.2, -0.15) is 13.2 Å². The number of halogens is 6. The van der Waals surface area contributed by atoms with E-state index in [1.54, 1.807) is 15.7 Å². The van der Waals surface area contributed by atoms with Crippen LogP contribution in [0.25, 0.3) is 11.3 Å². The number of anilines is 2. The molecule has 3 aromatic rings. The van der Waals surface area contributed by atoms with Crippen LogP contribution >= 0.6 is 11.6 Å². The van der Waals surface area contributed by atoms with E-state index in [1.807, 2.05) is 19.0 Å². The lowest BCUT2D eigenvalue weighted by atomic mass is 9.94. The van der Waals surface area contributed by atoms with Crippen molar-refractivity contribution < 1.29 is 22.0 Å². The molecule has 1 aliphatic heterocycles. The normalized spacial score (nSPS) is 18.8. The number of nitrogen functional groups attached to an aromatic ring is 1.